The molecular formula is C16H21FN2O. The van der Waals surface area contributed by atoms with Gasteiger partial charge in [0.2, 0.25) is 0 Å². The molecule has 1 saturated carbocycles. The number of carbonyl (C=O) groups is 1. The van der Waals surface area contributed by atoms with Crippen molar-refractivity contribution in [1.29, 1.82) is 0 Å². The number of rotatable bonds is 3. The van der Waals surface area contributed by atoms with E-state index in [1.807, 2.05) is 4.90 Å². The summed E-state index contributed by atoms with van der Waals surface area (Å²) in [6, 6.07) is 6.93. The maximum atomic E-state index is 13.9. The summed E-state index contributed by atoms with van der Waals surface area (Å²) < 4.78 is 13.9. The van der Waals surface area contributed by atoms with Crippen molar-refractivity contribution >= 4 is 5.91 Å². The molecule has 0 aromatic heterocycles. The van der Waals surface area contributed by atoms with Crippen molar-refractivity contribution in [2.75, 3.05) is 20.1 Å². The molecule has 0 spiro atoms. The second kappa shape index (κ2) is 5.52. The first kappa shape index (κ1) is 13.6. The molecule has 1 amide bonds. The molecule has 1 heterocycles. The molecule has 1 aliphatic carbocycles. The Labute approximate surface area is 119 Å². The highest BCUT2D eigenvalue weighted by molar-refractivity contribution is 5.95. The van der Waals surface area contributed by atoms with Crippen LogP contribution in [0.15, 0.2) is 24.3 Å². The van der Waals surface area contributed by atoms with Crippen LogP contribution >= 0.6 is 0 Å². The Hall–Kier alpha value is -1.42. The van der Waals surface area contributed by atoms with E-state index in [2.05, 4.69) is 11.9 Å². The van der Waals surface area contributed by atoms with Crippen molar-refractivity contribution in [3.05, 3.63) is 35.6 Å². The second-order valence-corrected chi connectivity index (χ2v) is 5.96. The van der Waals surface area contributed by atoms with Crippen LogP contribution in [0.3, 0.4) is 0 Å². The van der Waals surface area contributed by atoms with E-state index in [1.54, 1.807) is 18.2 Å². The minimum absolute atomic E-state index is 0.125. The van der Waals surface area contributed by atoms with Gasteiger partial charge in [0, 0.05) is 12.1 Å². The Kier molecular flexibility index (Phi) is 3.74. The van der Waals surface area contributed by atoms with Gasteiger partial charge in [-0.1, -0.05) is 12.1 Å². The van der Waals surface area contributed by atoms with Gasteiger partial charge in [-0.05, 0) is 58.0 Å². The minimum atomic E-state index is -0.406. The average molecular weight is 276 g/mol. The van der Waals surface area contributed by atoms with E-state index >= 15 is 0 Å². The molecule has 1 aliphatic heterocycles. The fourth-order valence-corrected chi connectivity index (χ4v) is 3.03. The molecule has 1 saturated heterocycles. The summed E-state index contributed by atoms with van der Waals surface area (Å²) in [5.41, 5.74) is 0.221. The van der Waals surface area contributed by atoms with E-state index in [4.69, 9.17) is 0 Å². The third kappa shape index (κ3) is 2.70. The number of benzene rings is 1. The lowest BCUT2D eigenvalue weighted by atomic mass is 10.0. The Bertz CT molecular complexity index is 493. The molecule has 3 nitrogen and oxygen atoms in total. The SMILES string of the molecule is CN1CCC(N(C(=O)c2ccccc2F)C2CC2)CC1. The average Bonchev–Trinajstić information content (AvgIpc) is 3.26. The van der Waals surface area contributed by atoms with Gasteiger partial charge >= 0.3 is 0 Å². The van der Waals surface area contributed by atoms with Gasteiger partial charge in [-0.2, -0.15) is 0 Å². The summed E-state index contributed by atoms with van der Waals surface area (Å²) in [7, 11) is 2.11. The van der Waals surface area contributed by atoms with Crippen molar-refractivity contribution < 1.29 is 9.18 Å². The van der Waals surface area contributed by atoms with E-state index < -0.39 is 5.82 Å². The van der Waals surface area contributed by atoms with Crippen LogP contribution in [-0.4, -0.2) is 47.9 Å². The molecule has 0 bridgehead atoms. The van der Waals surface area contributed by atoms with E-state index in [0.29, 0.717) is 6.04 Å². The van der Waals surface area contributed by atoms with Crippen LogP contribution in [0.1, 0.15) is 36.0 Å². The maximum Gasteiger partial charge on any atom is 0.257 e. The number of carbonyl (C=O) groups excluding carboxylic acids is 1. The number of nitrogens with zero attached hydrogens (tertiary/aromatic N) is 2. The highest BCUT2D eigenvalue weighted by atomic mass is 19.1. The first-order chi connectivity index (χ1) is 9.66. The summed E-state index contributed by atoms with van der Waals surface area (Å²) in [5, 5.41) is 0. The zero-order chi connectivity index (χ0) is 14.1. The lowest BCUT2D eigenvalue weighted by molar-refractivity contribution is 0.0564. The minimum Gasteiger partial charge on any atom is -0.332 e. The maximum absolute atomic E-state index is 13.9. The standard InChI is InChI=1S/C16H21FN2O/c1-18-10-8-13(9-11-18)19(12-6-7-12)16(20)14-4-2-3-5-15(14)17/h2-5,12-13H,6-11H2,1H3. The van der Waals surface area contributed by atoms with Crippen molar-refractivity contribution in [3.63, 3.8) is 0 Å². The first-order valence-electron chi connectivity index (χ1n) is 7.42. The van der Waals surface area contributed by atoms with Gasteiger partial charge in [0.25, 0.3) is 5.91 Å². The highest BCUT2D eigenvalue weighted by Gasteiger charge is 2.39. The number of piperidine rings is 1. The first-order valence-corrected chi connectivity index (χ1v) is 7.42. The normalized spacial score (nSPS) is 20.9. The summed E-state index contributed by atoms with van der Waals surface area (Å²) >= 11 is 0. The third-order valence-corrected chi connectivity index (χ3v) is 4.36. The number of amides is 1. The monoisotopic (exact) mass is 276 g/mol. The van der Waals surface area contributed by atoms with Crippen molar-refractivity contribution in [3.8, 4) is 0 Å². The molecule has 3 rings (SSSR count). The number of halogens is 1. The van der Waals surface area contributed by atoms with Crippen molar-refractivity contribution in [2.45, 2.75) is 37.8 Å². The number of likely N-dealkylation sites (tertiary alicyclic amines) is 1. The fourth-order valence-electron chi connectivity index (χ4n) is 3.03. The smallest absolute Gasteiger partial charge is 0.257 e. The zero-order valence-electron chi connectivity index (χ0n) is 11.9. The molecule has 4 heteroatoms. The quantitative estimate of drug-likeness (QED) is 0.847. The van der Waals surface area contributed by atoms with E-state index in [1.165, 1.54) is 6.07 Å². The third-order valence-electron chi connectivity index (χ3n) is 4.36. The number of hydrogen-bond donors (Lipinski definition) is 0. The second-order valence-electron chi connectivity index (χ2n) is 5.96. The van der Waals surface area contributed by atoms with Gasteiger partial charge in [-0.3, -0.25) is 4.79 Å². The van der Waals surface area contributed by atoms with Gasteiger partial charge < -0.3 is 9.80 Å². The Morgan fingerprint density at radius 1 is 1.15 bits per heavy atom. The summed E-state index contributed by atoms with van der Waals surface area (Å²) in [4.78, 5) is 17.0. The van der Waals surface area contributed by atoms with Crippen LogP contribution in [0.5, 0.6) is 0 Å². The largest absolute Gasteiger partial charge is 0.332 e. The number of hydrogen-bond acceptors (Lipinski definition) is 2. The zero-order valence-corrected chi connectivity index (χ0v) is 11.9. The van der Waals surface area contributed by atoms with Gasteiger partial charge in [0.05, 0.1) is 5.56 Å². The summed E-state index contributed by atoms with van der Waals surface area (Å²) in [6.07, 6.45) is 4.11. The van der Waals surface area contributed by atoms with Gasteiger partial charge in [-0.15, -0.1) is 0 Å². The molecular weight excluding hydrogens is 255 g/mol. The van der Waals surface area contributed by atoms with Gasteiger partial charge in [-0.25, -0.2) is 4.39 Å². The molecule has 108 valence electrons. The molecule has 2 aliphatic rings. The Morgan fingerprint density at radius 3 is 2.35 bits per heavy atom. The van der Waals surface area contributed by atoms with Crippen LogP contribution < -0.4 is 0 Å². The summed E-state index contributed by atoms with van der Waals surface area (Å²) in [6.45, 7) is 2.02. The summed E-state index contributed by atoms with van der Waals surface area (Å²) in [5.74, 6) is -0.531. The molecule has 0 radical (unpaired) electrons. The predicted molar refractivity (Wildman–Crippen MR) is 76.1 cm³/mol. The highest BCUT2D eigenvalue weighted by Crippen LogP contribution is 2.33. The molecule has 2 fully saturated rings. The van der Waals surface area contributed by atoms with E-state index in [-0.39, 0.29) is 17.5 Å². The lowest BCUT2D eigenvalue weighted by Gasteiger charge is -2.37. The van der Waals surface area contributed by atoms with Crippen LogP contribution in [-0.2, 0) is 0 Å². The van der Waals surface area contributed by atoms with Gasteiger partial charge in [0.1, 0.15) is 5.82 Å². The predicted octanol–water partition coefficient (Wildman–Crippen LogP) is 2.52. The van der Waals surface area contributed by atoms with E-state index in [0.717, 1.165) is 38.8 Å². The topological polar surface area (TPSA) is 23.6 Å². The Morgan fingerprint density at radius 2 is 1.75 bits per heavy atom. The van der Waals surface area contributed by atoms with Crippen LogP contribution in [0.25, 0.3) is 0 Å². The van der Waals surface area contributed by atoms with Crippen LogP contribution in [0.4, 0.5) is 4.39 Å². The molecule has 1 aromatic rings. The van der Waals surface area contributed by atoms with Crippen LogP contribution in [0.2, 0.25) is 0 Å². The molecule has 0 atom stereocenters. The fraction of sp³-hybridized carbons (Fsp3) is 0.562. The van der Waals surface area contributed by atoms with E-state index in [9.17, 15) is 9.18 Å². The lowest BCUT2D eigenvalue weighted by Crippen LogP contribution is -2.47. The van der Waals surface area contributed by atoms with Crippen LogP contribution in [0, 0.1) is 5.82 Å². The van der Waals surface area contributed by atoms with Gasteiger partial charge in [0.15, 0.2) is 0 Å². The van der Waals surface area contributed by atoms with Crippen molar-refractivity contribution in [1.82, 2.24) is 9.80 Å². The molecule has 0 N–H and O–H groups in total. The Balaban J connectivity index is 1.80. The molecule has 1 aromatic carbocycles. The molecule has 20 heavy (non-hydrogen) atoms. The van der Waals surface area contributed by atoms with Crippen molar-refractivity contribution in [2.24, 2.45) is 0 Å². The molecule has 0 unspecified atom stereocenters.